The Morgan fingerprint density at radius 2 is 2.11 bits per heavy atom. The predicted octanol–water partition coefficient (Wildman–Crippen LogP) is 4.41. The Balaban J connectivity index is 2.00. The van der Waals surface area contributed by atoms with Crippen LogP contribution in [0.4, 0.5) is 0 Å². The number of likely N-dealkylation sites (N-methyl/N-ethyl adjacent to an activating group) is 1. The number of hydrogen-bond acceptors (Lipinski definition) is 1. The van der Waals surface area contributed by atoms with Crippen molar-refractivity contribution in [2.24, 2.45) is 11.8 Å². The summed E-state index contributed by atoms with van der Waals surface area (Å²) in [5, 5.41) is 3.54. The van der Waals surface area contributed by atoms with Gasteiger partial charge in [-0.25, -0.2) is 0 Å². The van der Waals surface area contributed by atoms with Gasteiger partial charge in [0.15, 0.2) is 0 Å². The van der Waals surface area contributed by atoms with Crippen LogP contribution < -0.4 is 5.32 Å². The average molecular weight is 310 g/mol. The summed E-state index contributed by atoms with van der Waals surface area (Å²) in [4.78, 5) is 0. The Hall–Kier alpha value is -0.340. The van der Waals surface area contributed by atoms with Crippen LogP contribution >= 0.6 is 15.9 Å². The minimum Gasteiger partial charge on any atom is -0.316 e. The molecule has 0 radical (unpaired) electrons. The van der Waals surface area contributed by atoms with Gasteiger partial charge < -0.3 is 5.32 Å². The number of benzene rings is 1. The first-order valence-electron chi connectivity index (χ1n) is 7.15. The van der Waals surface area contributed by atoms with Gasteiger partial charge in [-0.05, 0) is 49.8 Å². The molecule has 2 rings (SSSR count). The first kappa shape index (κ1) is 14.1. The van der Waals surface area contributed by atoms with E-state index >= 15 is 0 Å². The number of nitrogens with one attached hydrogen (secondary N) is 1. The van der Waals surface area contributed by atoms with Crippen LogP contribution in [0, 0.1) is 11.8 Å². The zero-order chi connectivity index (χ0) is 13.0. The molecule has 0 spiro atoms. The van der Waals surface area contributed by atoms with Crippen molar-refractivity contribution in [3.05, 3.63) is 34.3 Å². The van der Waals surface area contributed by atoms with Crippen molar-refractivity contribution in [1.82, 2.24) is 5.32 Å². The van der Waals surface area contributed by atoms with Gasteiger partial charge in [-0.1, -0.05) is 53.9 Å². The molecule has 1 nitrogen and oxygen atoms in total. The maximum absolute atomic E-state index is 3.66. The lowest BCUT2D eigenvalue weighted by atomic mass is 9.91. The second-order valence-electron chi connectivity index (χ2n) is 5.54. The average Bonchev–Trinajstić information content (AvgIpc) is 2.86. The van der Waals surface area contributed by atoms with Gasteiger partial charge >= 0.3 is 0 Å². The molecule has 1 N–H and O–H groups in total. The van der Waals surface area contributed by atoms with Crippen molar-refractivity contribution in [2.45, 2.75) is 45.1 Å². The van der Waals surface area contributed by atoms with Gasteiger partial charge in [0.1, 0.15) is 0 Å². The van der Waals surface area contributed by atoms with Crippen molar-refractivity contribution in [3.63, 3.8) is 0 Å². The van der Waals surface area contributed by atoms with E-state index in [1.54, 1.807) is 0 Å². The molecule has 0 bridgehead atoms. The molecule has 3 atom stereocenters. The SMILES string of the molecule is CCC1CCC(C(Cc2ccccc2Br)NC)C1. The molecule has 1 aliphatic carbocycles. The monoisotopic (exact) mass is 309 g/mol. The molecule has 0 saturated heterocycles. The molecule has 0 aliphatic heterocycles. The minimum absolute atomic E-state index is 0.625. The summed E-state index contributed by atoms with van der Waals surface area (Å²) in [7, 11) is 2.11. The molecule has 0 heterocycles. The number of hydrogen-bond donors (Lipinski definition) is 1. The molecule has 3 unspecified atom stereocenters. The third-order valence-corrected chi connectivity index (χ3v) is 5.27. The van der Waals surface area contributed by atoms with E-state index in [1.165, 1.54) is 35.7 Å². The summed E-state index contributed by atoms with van der Waals surface area (Å²) >= 11 is 3.66. The topological polar surface area (TPSA) is 12.0 Å². The van der Waals surface area contributed by atoms with E-state index in [2.05, 4.69) is 59.5 Å². The highest BCUT2D eigenvalue weighted by molar-refractivity contribution is 9.10. The Morgan fingerprint density at radius 1 is 1.33 bits per heavy atom. The molecule has 100 valence electrons. The Bertz CT molecular complexity index is 377. The maximum atomic E-state index is 3.66. The third-order valence-electron chi connectivity index (χ3n) is 4.50. The fourth-order valence-corrected chi connectivity index (χ4v) is 3.70. The number of rotatable bonds is 5. The molecule has 2 heteroatoms. The van der Waals surface area contributed by atoms with E-state index in [9.17, 15) is 0 Å². The van der Waals surface area contributed by atoms with Crippen LogP contribution in [0.2, 0.25) is 0 Å². The first-order chi connectivity index (χ1) is 8.74. The van der Waals surface area contributed by atoms with Crippen LogP contribution in [0.25, 0.3) is 0 Å². The lowest BCUT2D eigenvalue weighted by molar-refractivity contribution is 0.361. The van der Waals surface area contributed by atoms with Crippen molar-refractivity contribution in [3.8, 4) is 0 Å². The van der Waals surface area contributed by atoms with Crippen molar-refractivity contribution in [1.29, 1.82) is 0 Å². The van der Waals surface area contributed by atoms with E-state index in [0.717, 1.165) is 18.3 Å². The van der Waals surface area contributed by atoms with Gasteiger partial charge in [-0.3, -0.25) is 0 Å². The summed E-state index contributed by atoms with van der Waals surface area (Å²) in [5.74, 6) is 1.82. The smallest absolute Gasteiger partial charge is 0.0207 e. The summed E-state index contributed by atoms with van der Waals surface area (Å²) in [6.07, 6.45) is 6.72. The van der Waals surface area contributed by atoms with Crippen LogP contribution in [0.3, 0.4) is 0 Å². The highest BCUT2D eigenvalue weighted by atomic mass is 79.9. The fourth-order valence-electron chi connectivity index (χ4n) is 3.26. The third kappa shape index (κ3) is 3.36. The normalized spacial score (nSPS) is 25.3. The molecule has 0 aromatic heterocycles. The van der Waals surface area contributed by atoms with Crippen LogP contribution in [0.1, 0.15) is 38.2 Å². The molecule has 18 heavy (non-hydrogen) atoms. The van der Waals surface area contributed by atoms with Gasteiger partial charge in [0.25, 0.3) is 0 Å². The quantitative estimate of drug-likeness (QED) is 0.849. The standard InChI is InChI=1S/C16H24BrN/c1-3-12-8-9-14(10-12)16(18-2)11-13-6-4-5-7-15(13)17/h4-7,12,14,16,18H,3,8-11H2,1-2H3. The number of halogens is 1. The zero-order valence-electron chi connectivity index (χ0n) is 11.5. The largest absolute Gasteiger partial charge is 0.316 e. The second kappa shape index (κ2) is 6.72. The molecule has 1 fully saturated rings. The predicted molar refractivity (Wildman–Crippen MR) is 81.8 cm³/mol. The lowest BCUT2D eigenvalue weighted by Crippen LogP contribution is -2.34. The maximum Gasteiger partial charge on any atom is 0.0207 e. The highest BCUT2D eigenvalue weighted by Crippen LogP contribution is 2.36. The second-order valence-corrected chi connectivity index (χ2v) is 6.39. The van der Waals surface area contributed by atoms with Crippen LogP contribution in [0.5, 0.6) is 0 Å². The first-order valence-corrected chi connectivity index (χ1v) is 7.94. The van der Waals surface area contributed by atoms with Gasteiger partial charge in [-0.15, -0.1) is 0 Å². The summed E-state index contributed by atoms with van der Waals surface area (Å²) < 4.78 is 1.25. The molecular weight excluding hydrogens is 286 g/mol. The van der Waals surface area contributed by atoms with Crippen LogP contribution in [0.15, 0.2) is 28.7 Å². The molecule has 1 aromatic rings. The summed E-state index contributed by atoms with van der Waals surface area (Å²) in [6.45, 7) is 2.33. The van der Waals surface area contributed by atoms with Gasteiger partial charge in [0.2, 0.25) is 0 Å². The minimum atomic E-state index is 0.625. The van der Waals surface area contributed by atoms with Gasteiger partial charge in [0.05, 0.1) is 0 Å². The van der Waals surface area contributed by atoms with E-state index in [-0.39, 0.29) is 0 Å². The molecule has 1 aromatic carbocycles. The molecular formula is C16H24BrN. The highest BCUT2D eigenvalue weighted by Gasteiger charge is 2.29. The Kier molecular flexibility index (Phi) is 5.25. The Morgan fingerprint density at radius 3 is 2.72 bits per heavy atom. The molecule has 0 amide bonds. The van der Waals surface area contributed by atoms with E-state index < -0.39 is 0 Å². The lowest BCUT2D eigenvalue weighted by Gasteiger charge is -2.24. The van der Waals surface area contributed by atoms with E-state index in [1.807, 2.05) is 0 Å². The van der Waals surface area contributed by atoms with Crippen LogP contribution in [-0.2, 0) is 6.42 Å². The van der Waals surface area contributed by atoms with Crippen molar-refractivity contribution >= 4 is 15.9 Å². The van der Waals surface area contributed by atoms with Crippen molar-refractivity contribution in [2.75, 3.05) is 7.05 Å². The van der Waals surface area contributed by atoms with Crippen molar-refractivity contribution < 1.29 is 0 Å². The molecule has 1 saturated carbocycles. The van der Waals surface area contributed by atoms with E-state index in [4.69, 9.17) is 0 Å². The molecule has 1 aliphatic rings. The fraction of sp³-hybridized carbons (Fsp3) is 0.625. The van der Waals surface area contributed by atoms with Gasteiger partial charge in [0, 0.05) is 10.5 Å². The summed E-state index contributed by atoms with van der Waals surface area (Å²) in [5.41, 5.74) is 1.43. The van der Waals surface area contributed by atoms with Gasteiger partial charge in [-0.2, -0.15) is 0 Å². The Labute approximate surface area is 119 Å². The zero-order valence-corrected chi connectivity index (χ0v) is 13.0. The van der Waals surface area contributed by atoms with Crippen LogP contribution in [-0.4, -0.2) is 13.1 Å². The van der Waals surface area contributed by atoms with E-state index in [0.29, 0.717) is 6.04 Å². The summed E-state index contributed by atoms with van der Waals surface area (Å²) in [6, 6.07) is 9.23.